The summed E-state index contributed by atoms with van der Waals surface area (Å²) in [7, 11) is 0. The quantitative estimate of drug-likeness (QED) is 0.0541. The molecule has 10 aromatic carbocycles. The first kappa shape index (κ1) is 55.3. The monoisotopic (exact) mass is 1100 g/mol. The van der Waals surface area contributed by atoms with Crippen LogP contribution >= 0.6 is 0 Å². The van der Waals surface area contributed by atoms with Gasteiger partial charge in [-0.3, -0.25) is 0 Å². The SMILES string of the molecule is CCCCCCC1(CCCCCC)c2cc(Cc3ccccc3)ccc2-c2ccc(-c3ccc4c(c3)C(c3ccc(NC(=O)Nc5ccccc5)cc3)(c3ccc(NC(=O)Nc5ccccc5)cc3)c3cc(Cc5ccccc5)ccc3-4)cc21. The van der Waals surface area contributed by atoms with E-state index < -0.39 is 5.41 Å². The zero-order valence-electron chi connectivity index (χ0n) is 48.4. The van der Waals surface area contributed by atoms with Gasteiger partial charge < -0.3 is 21.3 Å². The van der Waals surface area contributed by atoms with Gasteiger partial charge >= 0.3 is 12.1 Å². The van der Waals surface area contributed by atoms with Crippen LogP contribution in [0.3, 0.4) is 0 Å². The molecular formula is C78H74N4O2. The van der Waals surface area contributed by atoms with Gasteiger partial charge in [-0.25, -0.2) is 9.59 Å². The molecule has 0 saturated heterocycles. The first-order chi connectivity index (χ1) is 41.3. The van der Waals surface area contributed by atoms with Crippen LogP contribution in [0.4, 0.5) is 32.3 Å². The third-order valence-corrected chi connectivity index (χ3v) is 17.6. The van der Waals surface area contributed by atoms with Gasteiger partial charge in [-0.15, -0.1) is 0 Å². The Hall–Kier alpha value is -9.26. The van der Waals surface area contributed by atoms with E-state index in [0.29, 0.717) is 22.7 Å². The van der Waals surface area contributed by atoms with Crippen LogP contribution in [0, 0.1) is 0 Å². The minimum Gasteiger partial charge on any atom is -0.308 e. The second kappa shape index (κ2) is 25.1. The van der Waals surface area contributed by atoms with Crippen LogP contribution < -0.4 is 21.3 Å². The van der Waals surface area contributed by atoms with E-state index >= 15 is 0 Å². The second-order valence-electron chi connectivity index (χ2n) is 23.1. The van der Waals surface area contributed by atoms with E-state index in [0.717, 1.165) is 42.4 Å². The van der Waals surface area contributed by atoms with Gasteiger partial charge in [0.1, 0.15) is 0 Å². The van der Waals surface area contributed by atoms with E-state index in [-0.39, 0.29) is 17.5 Å². The molecule has 0 saturated carbocycles. The number of hydrogen-bond acceptors (Lipinski definition) is 2. The number of carbonyl (C=O) groups excluding carboxylic acids is 2. The molecule has 0 heterocycles. The van der Waals surface area contributed by atoms with E-state index in [1.165, 1.54) is 124 Å². The second-order valence-corrected chi connectivity index (χ2v) is 23.1. The minimum atomic E-state index is -0.826. The molecule has 0 fully saturated rings. The molecule has 0 aromatic heterocycles. The molecule has 84 heavy (non-hydrogen) atoms. The summed E-state index contributed by atoms with van der Waals surface area (Å²) in [5, 5.41) is 12.2. The molecule has 4 N–H and O–H groups in total. The number of amides is 4. The smallest absolute Gasteiger partial charge is 0.308 e. The fourth-order valence-electron chi connectivity index (χ4n) is 13.6. The summed E-state index contributed by atoms with van der Waals surface area (Å²) in [6.45, 7) is 4.63. The molecule has 4 amide bonds. The average Bonchev–Trinajstić information content (AvgIpc) is 1.61. The molecule has 0 aliphatic heterocycles. The molecule has 0 radical (unpaired) electrons. The minimum absolute atomic E-state index is 0.109. The summed E-state index contributed by atoms with van der Waals surface area (Å²) in [6, 6.07) is 85.8. The number of nitrogens with one attached hydrogen (secondary N) is 4. The molecule has 0 spiro atoms. The Morgan fingerprint density at radius 3 is 1.10 bits per heavy atom. The zero-order valence-corrected chi connectivity index (χ0v) is 48.4. The zero-order chi connectivity index (χ0) is 57.3. The lowest BCUT2D eigenvalue weighted by Gasteiger charge is -2.35. The summed E-state index contributed by atoms with van der Waals surface area (Å²) in [4.78, 5) is 26.9. The molecule has 0 bridgehead atoms. The lowest BCUT2D eigenvalue weighted by Crippen LogP contribution is -2.29. The Kier molecular flexibility index (Phi) is 16.5. The fraction of sp³-hybridized carbons (Fsp3) is 0.205. The van der Waals surface area contributed by atoms with Crippen LogP contribution in [0.5, 0.6) is 0 Å². The molecular weight excluding hydrogens is 1020 g/mol. The fourth-order valence-corrected chi connectivity index (χ4v) is 13.6. The van der Waals surface area contributed by atoms with Gasteiger partial charge in [-0.05, 0) is 175 Å². The number of rotatable bonds is 21. The number of urea groups is 2. The molecule has 418 valence electrons. The van der Waals surface area contributed by atoms with Crippen molar-refractivity contribution in [2.45, 2.75) is 102 Å². The highest BCUT2D eigenvalue weighted by Gasteiger charge is 2.47. The Balaban J connectivity index is 1.01. The highest BCUT2D eigenvalue weighted by molar-refractivity contribution is 6.01. The summed E-state index contributed by atoms with van der Waals surface area (Å²) < 4.78 is 0. The van der Waals surface area contributed by atoms with E-state index in [1.54, 1.807) is 0 Å². The van der Waals surface area contributed by atoms with Crippen molar-refractivity contribution >= 4 is 34.8 Å². The number of hydrogen-bond donors (Lipinski definition) is 4. The number of para-hydroxylation sites is 2. The summed E-state index contributed by atoms with van der Waals surface area (Å²) >= 11 is 0. The normalized spacial score (nSPS) is 13.0. The van der Waals surface area contributed by atoms with Crippen LogP contribution in [0.15, 0.2) is 243 Å². The van der Waals surface area contributed by atoms with Crippen molar-refractivity contribution in [3.8, 4) is 33.4 Å². The molecule has 0 unspecified atom stereocenters. The third kappa shape index (κ3) is 11.5. The van der Waals surface area contributed by atoms with E-state index in [2.05, 4.69) is 193 Å². The van der Waals surface area contributed by atoms with Gasteiger partial charge in [0.15, 0.2) is 0 Å². The number of carbonyl (C=O) groups is 2. The van der Waals surface area contributed by atoms with Gasteiger partial charge in [-0.1, -0.05) is 247 Å². The highest BCUT2D eigenvalue weighted by Crippen LogP contribution is 2.59. The van der Waals surface area contributed by atoms with Crippen molar-refractivity contribution in [1.29, 1.82) is 0 Å². The Labute approximate surface area is 496 Å². The van der Waals surface area contributed by atoms with Gasteiger partial charge in [-0.2, -0.15) is 0 Å². The Morgan fingerprint density at radius 2 is 0.667 bits per heavy atom. The highest BCUT2D eigenvalue weighted by atomic mass is 16.2. The van der Waals surface area contributed by atoms with Crippen LogP contribution in [0.2, 0.25) is 0 Å². The maximum atomic E-state index is 13.5. The average molecular weight is 1100 g/mol. The Bertz CT molecular complexity index is 3790. The van der Waals surface area contributed by atoms with Crippen molar-refractivity contribution in [1.82, 2.24) is 0 Å². The number of benzene rings is 10. The molecule has 2 aliphatic carbocycles. The van der Waals surface area contributed by atoms with E-state index in [4.69, 9.17) is 0 Å². The molecule has 0 atom stereocenters. The van der Waals surface area contributed by atoms with E-state index in [9.17, 15) is 9.59 Å². The van der Waals surface area contributed by atoms with Crippen LogP contribution in [0.1, 0.15) is 134 Å². The van der Waals surface area contributed by atoms with Crippen molar-refractivity contribution in [3.05, 3.63) is 298 Å². The summed E-state index contributed by atoms with van der Waals surface area (Å²) in [5.41, 5.74) is 22.0. The standard InChI is InChI=1S/C78H74N4O2/c1-3-5-7-21-47-77(48-22-8-6-4-2)71-51-57(49-55-23-13-9-14-24-55)31-43-67(71)68-45-33-59(53-72(68)77)60-34-46-70-69-44-32-58(50-56-25-15-10-16-26-56)52-73(69)78(74(70)54-60,61-35-39-65(40-36-61)81-75(83)79-63-27-17-11-18-28-63)62-37-41-66(42-38-62)82-76(84)80-64-29-19-12-20-30-64/h9-20,23-46,51-54H,3-8,21-22,47-50H2,1-2H3,(H2,79,81,83)(H2,80,82,84). The van der Waals surface area contributed by atoms with Crippen molar-refractivity contribution < 1.29 is 9.59 Å². The first-order valence-electron chi connectivity index (χ1n) is 30.4. The maximum absolute atomic E-state index is 13.5. The van der Waals surface area contributed by atoms with Gasteiger partial charge in [0.25, 0.3) is 0 Å². The largest absolute Gasteiger partial charge is 0.323 e. The van der Waals surface area contributed by atoms with Crippen molar-refractivity contribution in [3.63, 3.8) is 0 Å². The number of unbranched alkanes of at least 4 members (excludes halogenated alkanes) is 6. The van der Waals surface area contributed by atoms with Crippen molar-refractivity contribution in [2.75, 3.05) is 21.3 Å². The maximum Gasteiger partial charge on any atom is 0.323 e. The van der Waals surface area contributed by atoms with Crippen LogP contribution in [0.25, 0.3) is 33.4 Å². The lowest BCUT2D eigenvalue weighted by molar-refractivity contribution is 0.261. The third-order valence-electron chi connectivity index (χ3n) is 17.6. The predicted molar refractivity (Wildman–Crippen MR) is 350 cm³/mol. The first-order valence-corrected chi connectivity index (χ1v) is 30.4. The van der Waals surface area contributed by atoms with E-state index in [1.807, 2.05) is 84.9 Å². The van der Waals surface area contributed by atoms with Crippen molar-refractivity contribution in [2.24, 2.45) is 0 Å². The topological polar surface area (TPSA) is 82.3 Å². The molecule has 2 aliphatic rings. The van der Waals surface area contributed by atoms with Gasteiger partial charge in [0, 0.05) is 28.2 Å². The summed E-state index contributed by atoms with van der Waals surface area (Å²) in [6.07, 6.45) is 13.7. The Morgan fingerprint density at radius 1 is 0.321 bits per heavy atom. The molecule has 10 aromatic rings. The molecule has 12 rings (SSSR count). The van der Waals surface area contributed by atoms with Gasteiger partial charge in [0.2, 0.25) is 0 Å². The lowest BCUT2D eigenvalue weighted by atomic mass is 9.67. The molecule has 6 heteroatoms. The number of anilines is 4. The predicted octanol–water partition coefficient (Wildman–Crippen LogP) is 20.4. The molecule has 6 nitrogen and oxygen atoms in total. The summed E-state index contributed by atoms with van der Waals surface area (Å²) in [5.74, 6) is 0. The number of fused-ring (bicyclic) bond motifs is 6. The van der Waals surface area contributed by atoms with Gasteiger partial charge in [0.05, 0.1) is 5.41 Å². The van der Waals surface area contributed by atoms with Crippen LogP contribution in [-0.2, 0) is 23.7 Å². The van der Waals surface area contributed by atoms with Crippen LogP contribution in [-0.4, -0.2) is 12.1 Å².